The summed E-state index contributed by atoms with van der Waals surface area (Å²) in [5.74, 6) is -0.120. The van der Waals surface area contributed by atoms with Crippen molar-refractivity contribution in [1.29, 1.82) is 0 Å². The summed E-state index contributed by atoms with van der Waals surface area (Å²) >= 11 is 0. The van der Waals surface area contributed by atoms with Gasteiger partial charge in [0, 0.05) is 17.3 Å². The quantitative estimate of drug-likeness (QED) is 0.740. The van der Waals surface area contributed by atoms with Gasteiger partial charge in [0.1, 0.15) is 17.6 Å². The van der Waals surface area contributed by atoms with E-state index in [-0.39, 0.29) is 13.2 Å². The van der Waals surface area contributed by atoms with Crippen LogP contribution < -0.4 is 4.90 Å². The molecule has 1 aliphatic rings. The third-order valence-corrected chi connectivity index (χ3v) is 4.15. The second-order valence-corrected chi connectivity index (χ2v) is 6.00. The normalized spacial score (nSPS) is 16.6. The molecule has 1 fully saturated rings. The predicted molar refractivity (Wildman–Crippen MR) is 92.1 cm³/mol. The van der Waals surface area contributed by atoms with Crippen molar-refractivity contribution in [3.05, 3.63) is 42.3 Å². The molecule has 0 spiro atoms. The van der Waals surface area contributed by atoms with Gasteiger partial charge in [0.2, 0.25) is 5.82 Å². The summed E-state index contributed by atoms with van der Waals surface area (Å²) in [5, 5.41) is 20.8. The maximum Gasteiger partial charge on any atom is 0.414 e. The number of carbonyl (C=O) groups excluding carboxylic acids is 1. The van der Waals surface area contributed by atoms with Gasteiger partial charge in [-0.2, -0.15) is 4.80 Å². The van der Waals surface area contributed by atoms with Crippen molar-refractivity contribution in [2.24, 2.45) is 7.05 Å². The number of rotatable bonds is 4. The highest BCUT2D eigenvalue weighted by Gasteiger charge is 2.32. The molecule has 1 N–H and O–H groups in total. The molecule has 1 aromatic carbocycles. The van der Waals surface area contributed by atoms with Gasteiger partial charge in [-0.25, -0.2) is 9.18 Å². The number of nitrogens with zero attached hydrogens (tertiary/aromatic N) is 6. The number of halogens is 1. The number of aromatic nitrogens is 5. The standard InChI is InChI=1S/C17H15FN6O3/c1-23-21-16(20-22-23)15-5-2-10(7-19-15)13-4-3-11(6-14(13)18)24-8-12(9-25)27-17(24)26/h2-7,12,25H,8-9H2,1H3/t12-/m0/s1. The van der Waals surface area contributed by atoms with Gasteiger partial charge in [-0.3, -0.25) is 9.88 Å². The Morgan fingerprint density at radius 2 is 2.19 bits per heavy atom. The molecule has 3 aromatic rings. The van der Waals surface area contributed by atoms with Crippen LogP contribution in [0, 0.1) is 5.82 Å². The lowest BCUT2D eigenvalue weighted by Gasteiger charge is -2.14. The van der Waals surface area contributed by atoms with Crippen molar-refractivity contribution in [2.75, 3.05) is 18.1 Å². The Hall–Kier alpha value is -3.40. The minimum absolute atomic E-state index is 0.176. The van der Waals surface area contributed by atoms with E-state index in [1.807, 2.05) is 0 Å². The summed E-state index contributed by atoms with van der Waals surface area (Å²) in [6.07, 6.45) is 0.311. The molecular formula is C17H15FN6O3. The Morgan fingerprint density at radius 3 is 2.78 bits per heavy atom. The maximum absolute atomic E-state index is 14.6. The highest BCUT2D eigenvalue weighted by molar-refractivity contribution is 5.90. The van der Waals surface area contributed by atoms with E-state index in [1.54, 1.807) is 31.3 Å². The van der Waals surface area contributed by atoms with Gasteiger partial charge >= 0.3 is 6.09 Å². The van der Waals surface area contributed by atoms with Crippen molar-refractivity contribution in [3.8, 4) is 22.6 Å². The topological polar surface area (TPSA) is 106 Å². The summed E-state index contributed by atoms with van der Waals surface area (Å²) in [6, 6.07) is 7.85. The Bertz CT molecular complexity index is 991. The second-order valence-electron chi connectivity index (χ2n) is 6.00. The highest BCUT2D eigenvalue weighted by Crippen LogP contribution is 2.29. The number of hydrogen-bond acceptors (Lipinski definition) is 7. The molecule has 2 aromatic heterocycles. The molecule has 10 heteroatoms. The fourth-order valence-electron chi connectivity index (χ4n) is 2.81. The van der Waals surface area contributed by atoms with Crippen LogP contribution in [0.15, 0.2) is 36.5 Å². The highest BCUT2D eigenvalue weighted by atomic mass is 19.1. The molecule has 0 unspecified atom stereocenters. The summed E-state index contributed by atoms with van der Waals surface area (Å²) in [6.45, 7) is -0.100. The fourth-order valence-corrected chi connectivity index (χ4v) is 2.81. The van der Waals surface area contributed by atoms with Gasteiger partial charge in [-0.1, -0.05) is 6.07 Å². The predicted octanol–water partition coefficient (Wildman–Crippen LogP) is 1.40. The van der Waals surface area contributed by atoms with E-state index in [0.717, 1.165) is 0 Å². The van der Waals surface area contributed by atoms with Crippen LogP contribution in [-0.2, 0) is 11.8 Å². The summed E-state index contributed by atoms with van der Waals surface area (Å²) < 4.78 is 19.6. The van der Waals surface area contributed by atoms with Crippen LogP contribution >= 0.6 is 0 Å². The Labute approximate surface area is 153 Å². The number of anilines is 1. The van der Waals surface area contributed by atoms with E-state index in [9.17, 15) is 9.18 Å². The minimum atomic E-state index is -0.608. The molecule has 138 valence electrons. The van der Waals surface area contributed by atoms with Gasteiger partial charge in [0.25, 0.3) is 0 Å². The van der Waals surface area contributed by atoms with Crippen LogP contribution in [-0.4, -0.2) is 55.6 Å². The van der Waals surface area contributed by atoms with Crippen LogP contribution in [0.25, 0.3) is 22.6 Å². The van der Waals surface area contributed by atoms with Crippen LogP contribution in [0.3, 0.4) is 0 Å². The molecule has 1 atom stereocenters. The first-order chi connectivity index (χ1) is 13.0. The van der Waals surface area contributed by atoms with Crippen molar-refractivity contribution < 1.29 is 19.0 Å². The molecule has 9 nitrogen and oxygen atoms in total. The second kappa shape index (κ2) is 6.72. The molecule has 3 heterocycles. The first kappa shape index (κ1) is 17.0. The molecule has 0 bridgehead atoms. The molecule has 1 saturated heterocycles. The molecule has 0 saturated carbocycles. The number of pyridine rings is 1. The zero-order valence-corrected chi connectivity index (χ0v) is 14.3. The van der Waals surface area contributed by atoms with Crippen molar-refractivity contribution in [3.63, 3.8) is 0 Å². The fraction of sp³-hybridized carbons (Fsp3) is 0.235. The number of aliphatic hydroxyl groups excluding tert-OH is 1. The molecule has 0 radical (unpaired) electrons. The van der Waals surface area contributed by atoms with Gasteiger partial charge in [-0.05, 0) is 29.5 Å². The average molecular weight is 370 g/mol. The van der Waals surface area contributed by atoms with E-state index in [0.29, 0.717) is 28.3 Å². The van der Waals surface area contributed by atoms with Crippen LogP contribution in [0.5, 0.6) is 0 Å². The lowest BCUT2D eigenvalue weighted by molar-refractivity contribution is 0.0963. The average Bonchev–Trinajstić information content (AvgIpc) is 3.27. The molecule has 4 rings (SSSR count). The van der Waals surface area contributed by atoms with Gasteiger partial charge in [-0.15, -0.1) is 10.2 Å². The Morgan fingerprint density at radius 1 is 1.33 bits per heavy atom. The van der Waals surface area contributed by atoms with Crippen LogP contribution in [0.4, 0.5) is 14.9 Å². The number of carbonyl (C=O) groups is 1. The van der Waals surface area contributed by atoms with E-state index in [1.165, 1.54) is 22.0 Å². The SMILES string of the molecule is Cn1nnc(-c2ccc(-c3ccc(N4C[C@@H](CO)OC4=O)cc3F)cn2)n1. The Balaban J connectivity index is 1.58. The van der Waals surface area contributed by atoms with E-state index in [2.05, 4.69) is 20.4 Å². The Kier molecular flexibility index (Phi) is 4.24. The number of aryl methyl sites for hydroxylation is 1. The lowest BCUT2D eigenvalue weighted by atomic mass is 10.1. The summed E-state index contributed by atoms with van der Waals surface area (Å²) in [5.41, 5.74) is 1.81. The third kappa shape index (κ3) is 3.22. The molecule has 27 heavy (non-hydrogen) atoms. The number of cyclic esters (lactones) is 1. The number of benzene rings is 1. The van der Waals surface area contributed by atoms with E-state index < -0.39 is 18.0 Å². The van der Waals surface area contributed by atoms with Crippen molar-refractivity contribution in [1.82, 2.24) is 25.2 Å². The number of aliphatic hydroxyl groups is 1. The number of amides is 1. The molecular weight excluding hydrogens is 355 g/mol. The lowest BCUT2D eigenvalue weighted by Crippen LogP contribution is -2.25. The smallest absolute Gasteiger partial charge is 0.414 e. The van der Waals surface area contributed by atoms with Gasteiger partial charge < -0.3 is 9.84 Å². The van der Waals surface area contributed by atoms with Gasteiger partial charge in [0.05, 0.1) is 25.9 Å². The number of tetrazole rings is 1. The zero-order valence-electron chi connectivity index (χ0n) is 14.3. The van der Waals surface area contributed by atoms with E-state index in [4.69, 9.17) is 9.84 Å². The molecule has 1 amide bonds. The summed E-state index contributed by atoms with van der Waals surface area (Å²) in [4.78, 5) is 18.7. The number of hydrogen-bond donors (Lipinski definition) is 1. The third-order valence-electron chi connectivity index (χ3n) is 4.15. The maximum atomic E-state index is 14.6. The van der Waals surface area contributed by atoms with Crippen LogP contribution in [0.1, 0.15) is 0 Å². The van der Waals surface area contributed by atoms with Crippen molar-refractivity contribution >= 4 is 11.8 Å². The molecule has 0 aliphatic carbocycles. The zero-order chi connectivity index (χ0) is 19.0. The van der Waals surface area contributed by atoms with Crippen molar-refractivity contribution in [2.45, 2.75) is 6.10 Å². The van der Waals surface area contributed by atoms with E-state index >= 15 is 0 Å². The van der Waals surface area contributed by atoms with Crippen LogP contribution in [0.2, 0.25) is 0 Å². The number of ether oxygens (including phenoxy) is 1. The molecule has 1 aliphatic heterocycles. The van der Waals surface area contributed by atoms with Gasteiger partial charge in [0.15, 0.2) is 0 Å². The first-order valence-electron chi connectivity index (χ1n) is 8.14. The largest absolute Gasteiger partial charge is 0.441 e. The first-order valence-corrected chi connectivity index (χ1v) is 8.14. The monoisotopic (exact) mass is 370 g/mol. The minimum Gasteiger partial charge on any atom is -0.441 e. The summed E-state index contributed by atoms with van der Waals surface area (Å²) in [7, 11) is 1.65.